The number of hydrogen-bond donors (Lipinski definition) is 0. The summed E-state index contributed by atoms with van der Waals surface area (Å²) < 4.78 is 8.07. The van der Waals surface area contributed by atoms with Gasteiger partial charge in [0.2, 0.25) is 0 Å². The molecule has 0 aliphatic carbocycles. The van der Waals surface area contributed by atoms with Gasteiger partial charge in [-0.1, -0.05) is 40.5 Å². The Morgan fingerprint density at radius 3 is 2.67 bits per heavy atom. The lowest BCUT2D eigenvalue weighted by Crippen LogP contribution is -2.06. The Kier molecular flexibility index (Phi) is 6.63. The summed E-state index contributed by atoms with van der Waals surface area (Å²) in [5, 5.41) is 5.05. The predicted molar refractivity (Wildman–Crippen MR) is 113 cm³/mol. The molecule has 0 aliphatic rings. The van der Waals surface area contributed by atoms with Crippen LogP contribution in [-0.2, 0) is 11.3 Å². The molecule has 0 unspecified atom stereocenters. The first kappa shape index (κ1) is 20.0. The van der Waals surface area contributed by atoms with Crippen LogP contribution in [0.1, 0.15) is 28.5 Å². The fraction of sp³-hybridized carbons (Fsp3) is 0.200. The molecule has 3 rings (SSSR count). The van der Waals surface area contributed by atoms with Crippen molar-refractivity contribution in [2.45, 2.75) is 25.3 Å². The predicted octanol–water partition coefficient (Wildman–Crippen LogP) is 6.07. The molecule has 3 aromatic rings. The summed E-state index contributed by atoms with van der Waals surface area (Å²) in [6, 6.07) is 13.3. The lowest BCUT2D eigenvalue weighted by atomic mass is 10.2. The average molecular weight is 466 g/mol. The maximum absolute atomic E-state index is 12.5. The van der Waals surface area contributed by atoms with Crippen molar-refractivity contribution in [3.8, 4) is 5.69 Å². The van der Waals surface area contributed by atoms with E-state index in [9.17, 15) is 4.79 Å². The topological polar surface area (TPSA) is 44.1 Å². The van der Waals surface area contributed by atoms with Crippen molar-refractivity contribution >= 4 is 45.3 Å². The van der Waals surface area contributed by atoms with Crippen LogP contribution in [0.25, 0.3) is 5.69 Å². The van der Waals surface area contributed by atoms with Crippen LogP contribution < -0.4 is 0 Å². The monoisotopic (exact) mass is 464 g/mol. The number of aryl methyl sites for hydroxylation is 1. The number of esters is 1. The van der Waals surface area contributed by atoms with Gasteiger partial charge in [0.05, 0.1) is 11.4 Å². The van der Waals surface area contributed by atoms with Gasteiger partial charge >= 0.3 is 5.97 Å². The first-order valence-electron chi connectivity index (χ1n) is 8.38. The molecule has 0 aliphatic heterocycles. The average Bonchev–Trinajstić information content (AvgIpc) is 3.03. The highest BCUT2D eigenvalue weighted by Crippen LogP contribution is 2.26. The summed E-state index contributed by atoms with van der Waals surface area (Å²) >= 11 is 11.2. The Balaban J connectivity index is 1.70. The van der Waals surface area contributed by atoms with E-state index in [0.717, 1.165) is 21.5 Å². The zero-order chi connectivity index (χ0) is 19.4. The van der Waals surface area contributed by atoms with Gasteiger partial charge in [-0.2, -0.15) is 5.10 Å². The van der Waals surface area contributed by atoms with E-state index in [2.05, 4.69) is 28.0 Å². The van der Waals surface area contributed by atoms with Gasteiger partial charge in [-0.25, -0.2) is 9.48 Å². The molecule has 0 saturated heterocycles. The normalized spacial score (nSPS) is 10.8. The van der Waals surface area contributed by atoms with E-state index >= 15 is 0 Å². The highest BCUT2D eigenvalue weighted by molar-refractivity contribution is 9.10. The van der Waals surface area contributed by atoms with Crippen molar-refractivity contribution in [1.82, 2.24) is 9.78 Å². The fourth-order valence-electron chi connectivity index (χ4n) is 2.51. The van der Waals surface area contributed by atoms with E-state index in [1.165, 1.54) is 4.90 Å². The molecular formula is C20H18BrClN2O2S. The molecule has 27 heavy (non-hydrogen) atoms. The molecule has 140 valence electrons. The van der Waals surface area contributed by atoms with Crippen LogP contribution in [0.5, 0.6) is 0 Å². The maximum Gasteiger partial charge on any atom is 0.341 e. The van der Waals surface area contributed by atoms with E-state index in [-0.39, 0.29) is 6.61 Å². The second-order valence-corrected chi connectivity index (χ2v) is 8.44. The Bertz CT molecular complexity index is 957. The van der Waals surface area contributed by atoms with Crippen molar-refractivity contribution in [3.05, 3.63) is 75.0 Å². The van der Waals surface area contributed by atoms with Gasteiger partial charge in [-0.05, 0) is 49.1 Å². The number of rotatable bonds is 6. The highest BCUT2D eigenvalue weighted by atomic mass is 79.9. The molecule has 0 radical (unpaired) electrons. The Hall–Kier alpha value is -1.76. The van der Waals surface area contributed by atoms with Crippen LogP contribution in [0.3, 0.4) is 0 Å². The van der Waals surface area contributed by atoms with E-state index in [1.54, 1.807) is 41.7 Å². The number of ether oxygens (including phenoxy) is 1. The Morgan fingerprint density at radius 2 is 2.00 bits per heavy atom. The van der Waals surface area contributed by atoms with Gasteiger partial charge in [-0.3, -0.25) is 0 Å². The number of carbonyl (C=O) groups excluding carboxylic acids is 1. The van der Waals surface area contributed by atoms with Crippen molar-refractivity contribution < 1.29 is 9.53 Å². The third-order valence-electron chi connectivity index (χ3n) is 3.90. The molecule has 0 bridgehead atoms. The van der Waals surface area contributed by atoms with E-state index in [0.29, 0.717) is 16.3 Å². The standard InChI is InChI=1S/C20H18BrClN2O2S/c1-3-27-17-9-4-14(19(21)10-17)12-26-20(25)18-11-24(23-13(18)2)16-7-5-15(22)6-8-16/h4-11H,3,12H2,1-2H3. The minimum absolute atomic E-state index is 0.196. The lowest BCUT2D eigenvalue weighted by molar-refractivity contribution is 0.0471. The van der Waals surface area contributed by atoms with Crippen molar-refractivity contribution in [2.24, 2.45) is 0 Å². The Morgan fingerprint density at radius 1 is 1.26 bits per heavy atom. The summed E-state index contributed by atoms with van der Waals surface area (Å²) in [6.45, 7) is 4.10. The van der Waals surface area contributed by atoms with Gasteiger partial charge < -0.3 is 4.74 Å². The van der Waals surface area contributed by atoms with E-state index in [1.807, 2.05) is 30.3 Å². The summed E-state index contributed by atoms with van der Waals surface area (Å²) in [4.78, 5) is 13.7. The van der Waals surface area contributed by atoms with Gasteiger partial charge in [0.15, 0.2) is 0 Å². The van der Waals surface area contributed by atoms with Crippen molar-refractivity contribution in [3.63, 3.8) is 0 Å². The summed E-state index contributed by atoms with van der Waals surface area (Å²) in [5.74, 6) is 0.615. The number of thioether (sulfide) groups is 1. The molecule has 1 heterocycles. The van der Waals surface area contributed by atoms with Crippen molar-refractivity contribution in [1.29, 1.82) is 0 Å². The molecule has 4 nitrogen and oxygen atoms in total. The van der Waals surface area contributed by atoms with Gasteiger partial charge in [0.1, 0.15) is 12.2 Å². The zero-order valence-corrected chi connectivity index (χ0v) is 18.1. The lowest BCUT2D eigenvalue weighted by Gasteiger charge is -2.08. The summed E-state index contributed by atoms with van der Waals surface area (Å²) in [5.41, 5.74) is 2.81. The SMILES string of the molecule is CCSc1ccc(COC(=O)c2cn(-c3ccc(Cl)cc3)nc2C)c(Br)c1. The molecule has 0 fully saturated rings. The van der Waals surface area contributed by atoms with Crippen LogP contribution in [-0.4, -0.2) is 21.5 Å². The molecule has 2 aromatic carbocycles. The minimum Gasteiger partial charge on any atom is -0.457 e. The molecular weight excluding hydrogens is 448 g/mol. The van der Waals surface area contributed by atoms with Gasteiger partial charge in [0, 0.05) is 26.2 Å². The molecule has 7 heteroatoms. The maximum atomic E-state index is 12.5. The number of nitrogens with zero attached hydrogens (tertiary/aromatic N) is 2. The third-order valence-corrected chi connectivity index (χ3v) is 5.77. The molecule has 0 N–H and O–H groups in total. The highest BCUT2D eigenvalue weighted by Gasteiger charge is 2.16. The smallest absolute Gasteiger partial charge is 0.341 e. The molecule has 1 aromatic heterocycles. The Labute approximate surface area is 176 Å². The van der Waals surface area contributed by atoms with Gasteiger partial charge in [0.25, 0.3) is 0 Å². The van der Waals surface area contributed by atoms with Crippen LogP contribution in [0, 0.1) is 6.92 Å². The zero-order valence-electron chi connectivity index (χ0n) is 14.9. The fourth-order valence-corrected chi connectivity index (χ4v) is 3.98. The molecule has 0 atom stereocenters. The first-order valence-corrected chi connectivity index (χ1v) is 10.5. The first-order chi connectivity index (χ1) is 13.0. The molecule has 0 saturated carbocycles. The number of carbonyl (C=O) groups is 1. The third kappa shape index (κ3) is 4.94. The van der Waals surface area contributed by atoms with E-state index in [4.69, 9.17) is 16.3 Å². The number of benzene rings is 2. The molecule has 0 amide bonds. The van der Waals surface area contributed by atoms with Crippen molar-refractivity contribution in [2.75, 3.05) is 5.75 Å². The van der Waals surface area contributed by atoms with Crippen LogP contribution >= 0.6 is 39.3 Å². The summed E-state index contributed by atoms with van der Waals surface area (Å²) in [6.07, 6.45) is 1.68. The molecule has 0 spiro atoms. The number of halogens is 2. The van der Waals surface area contributed by atoms with Gasteiger partial charge in [-0.15, -0.1) is 11.8 Å². The minimum atomic E-state index is -0.397. The second kappa shape index (κ2) is 8.95. The second-order valence-electron chi connectivity index (χ2n) is 5.81. The van der Waals surface area contributed by atoms with Crippen LogP contribution in [0.4, 0.5) is 0 Å². The van der Waals surface area contributed by atoms with Crippen LogP contribution in [0.15, 0.2) is 58.0 Å². The van der Waals surface area contributed by atoms with Crippen LogP contribution in [0.2, 0.25) is 5.02 Å². The summed E-state index contributed by atoms with van der Waals surface area (Å²) in [7, 11) is 0. The largest absolute Gasteiger partial charge is 0.457 e. The van der Waals surface area contributed by atoms with E-state index < -0.39 is 5.97 Å². The quantitative estimate of drug-likeness (QED) is 0.327. The number of aromatic nitrogens is 2. The number of hydrogen-bond acceptors (Lipinski definition) is 4.